The molecule has 1 heterocycles. The minimum atomic E-state index is 0.559. The van der Waals surface area contributed by atoms with Crippen molar-refractivity contribution < 1.29 is 0 Å². The summed E-state index contributed by atoms with van der Waals surface area (Å²) in [6.07, 6.45) is 3.44. The van der Waals surface area contributed by atoms with Gasteiger partial charge in [0.15, 0.2) is 6.19 Å². The predicted molar refractivity (Wildman–Crippen MR) is 75.2 cm³/mol. The molecule has 5 heteroatoms. The fourth-order valence-electron chi connectivity index (χ4n) is 1.62. The summed E-state index contributed by atoms with van der Waals surface area (Å²) < 4.78 is 0. The molecule has 0 radical (unpaired) electrons. The average molecular weight is 253 g/mol. The van der Waals surface area contributed by atoms with Gasteiger partial charge in [-0.25, -0.2) is 9.97 Å². The lowest BCUT2D eigenvalue weighted by Crippen LogP contribution is -2.10. The van der Waals surface area contributed by atoms with Crippen LogP contribution >= 0.6 is 0 Å². The van der Waals surface area contributed by atoms with Crippen LogP contribution in [-0.2, 0) is 0 Å². The molecular formula is C14H15N5. The maximum absolute atomic E-state index is 8.83. The number of aryl methyl sites for hydroxylation is 2. The van der Waals surface area contributed by atoms with E-state index in [1.807, 2.05) is 12.3 Å². The second kappa shape index (κ2) is 5.36. The van der Waals surface area contributed by atoms with E-state index >= 15 is 0 Å². The molecule has 0 spiro atoms. The highest BCUT2D eigenvalue weighted by Gasteiger charge is 2.04. The molecule has 2 aromatic rings. The molecule has 0 bridgehead atoms. The molecular weight excluding hydrogens is 238 g/mol. The van der Waals surface area contributed by atoms with E-state index in [1.54, 1.807) is 13.1 Å². The quantitative estimate of drug-likeness (QED) is 0.673. The third-order valence-electron chi connectivity index (χ3n) is 2.93. The Morgan fingerprint density at radius 3 is 2.63 bits per heavy atom. The van der Waals surface area contributed by atoms with Crippen LogP contribution in [0.4, 0.5) is 17.3 Å². The van der Waals surface area contributed by atoms with Crippen molar-refractivity contribution in [2.24, 2.45) is 0 Å². The Morgan fingerprint density at radius 2 is 1.95 bits per heavy atom. The lowest BCUT2D eigenvalue weighted by Gasteiger charge is -2.11. The summed E-state index contributed by atoms with van der Waals surface area (Å²) >= 11 is 0. The van der Waals surface area contributed by atoms with E-state index in [4.69, 9.17) is 5.26 Å². The first kappa shape index (κ1) is 12.8. The van der Waals surface area contributed by atoms with Gasteiger partial charge in [0.25, 0.3) is 0 Å². The Bertz CT molecular complexity index is 630. The van der Waals surface area contributed by atoms with Crippen LogP contribution in [0.1, 0.15) is 11.1 Å². The van der Waals surface area contributed by atoms with Gasteiger partial charge in [0.2, 0.25) is 0 Å². The Hall–Kier alpha value is -2.61. The zero-order chi connectivity index (χ0) is 13.8. The van der Waals surface area contributed by atoms with Gasteiger partial charge in [0.1, 0.15) is 18.0 Å². The molecule has 0 aliphatic heterocycles. The lowest BCUT2D eigenvalue weighted by molar-refractivity contribution is 1.08. The molecule has 5 nitrogen and oxygen atoms in total. The minimum Gasteiger partial charge on any atom is -0.340 e. The van der Waals surface area contributed by atoms with Crippen molar-refractivity contribution in [3.63, 3.8) is 0 Å². The third kappa shape index (κ3) is 2.99. The fraction of sp³-hybridized carbons (Fsp3) is 0.214. The first-order valence-electron chi connectivity index (χ1n) is 5.90. The number of rotatable bonds is 3. The van der Waals surface area contributed by atoms with E-state index in [0.29, 0.717) is 11.6 Å². The molecule has 0 aliphatic carbocycles. The van der Waals surface area contributed by atoms with Crippen molar-refractivity contribution in [1.82, 2.24) is 9.97 Å². The monoisotopic (exact) mass is 253 g/mol. The number of anilines is 3. The largest absolute Gasteiger partial charge is 0.340 e. The van der Waals surface area contributed by atoms with Gasteiger partial charge in [-0.15, -0.1) is 0 Å². The second-order valence-corrected chi connectivity index (χ2v) is 4.34. The summed E-state index contributed by atoms with van der Waals surface area (Å²) in [5, 5.41) is 12.0. The van der Waals surface area contributed by atoms with Crippen molar-refractivity contribution in [3.8, 4) is 6.19 Å². The van der Waals surface area contributed by atoms with Crippen LogP contribution in [0.3, 0.4) is 0 Å². The van der Waals surface area contributed by atoms with E-state index in [2.05, 4.69) is 41.3 Å². The van der Waals surface area contributed by atoms with Gasteiger partial charge in [-0.3, -0.25) is 4.90 Å². The van der Waals surface area contributed by atoms with Gasteiger partial charge >= 0.3 is 0 Å². The van der Waals surface area contributed by atoms with Crippen molar-refractivity contribution in [2.45, 2.75) is 13.8 Å². The summed E-state index contributed by atoms with van der Waals surface area (Å²) in [6.45, 7) is 4.14. The zero-order valence-corrected chi connectivity index (χ0v) is 11.2. The SMILES string of the molecule is Cc1ccc(Nc2cc(N(C)C#N)ncn2)cc1C. The number of nitrogens with zero attached hydrogens (tertiary/aromatic N) is 4. The van der Waals surface area contributed by atoms with E-state index in [9.17, 15) is 0 Å². The predicted octanol–water partition coefficient (Wildman–Crippen LogP) is 2.75. The second-order valence-electron chi connectivity index (χ2n) is 4.34. The molecule has 19 heavy (non-hydrogen) atoms. The normalized spacial score (nSPS) is 9.79. The van der Waals surface area contributed by atoms with Crippen LogP contribution in [0.5, 0.6) is 0 Å². The summed E-state index contributed by atoms with van der Waals surface area (Å²) in [5.41, 5.74) is 3.43. The van der Waals surface area contributed by atoms with Crippen LogP contribution in [-0.4, -0.2) is 17.0 Å². The molecule has 0 saturated carbocycles. The Balaban J connectivity index is 2.24. The minimum absolute atomic E-state index is 0.559. The van der Waals surface area contributed by atoms with E-state index in [0.717, 1.165) is 5.69 Å². The van der Waals surface area contributed by atoms with Crippen molar-refractivity contribution >= 4 is 17.3 Å². The molecule has 0 fully saturated rings. The molecule has 0 amide bonds. The molecule has 2 rings (SSSR count). The summed E-state index contributed by atoms with van der Waals surface area (Å²) in [6, 6.07) is 7.85. The highest BCUT2D eigenvalue weighted by atomic mass is 15.2. The number of benzene rings is 1. The molecule has 1 N–H and O–H groups in total. The van der Waals surface area contributed by atoms with E-state index < -0.39 is 0 Å². The Labute approximate surface area is 112 Å². The Morgan fingerprint density at radius 1 is 1.16 bits per heavy atom. The van der Waals surface area contributed by atoms with Gasteiger partial charge in [-0.05, 0) is 37.1 Å². The number of hydrogen-bond acceptors (Lipinski definition) is 5. The summed E-state index contributed by atoms with van der Waals surface area (Å²) in [5.74, 6) is 1.22. The van der Waals surface area contributed by atoms with Gasteiger partial charge < -0.3 is 5.32 Å². The topological polar surface area (TPSA) is 64.8 Å². The number of hydrogen-bond donors (Lipinski definition) is 1. The van der Waals surface area contributed by atoms with Crippen molar-refractivity contribution in [1.29, 1.82) is 5.26 Å². The Kier molecular flexibility index (Phi) is 3.62. The highest BCUT2D eigenvalue weighted by molar-refractivity contribution is 5.61. The van der Waals surface area contributed by atoms with Crippen LogP contribution < -0.4 is 10.2 Å². The molecule has 0 saturated heterocycles. The van der Waals surface area contributed by atoms with Crippen LogP contribution in [0.2, 0.25) is 0 Å². The third-order valence-corrected chi connectivity index (χ3v) is 2.93. The van der Waals surface area contributed by atoms with Crippen LogP contribution in [0.25, 0.3) is 0 Å². The number of nitriles is 1. The smallest absolute Gasteiger partial charge is 0.185 e. The maximum Gasteiger partial charge on any atom is 0.185 e. The first-order chi connectivity index (χ1) is 9.10. The zero-order valence-electron chi connectivity index (χ0n) is 11.2. The lowest BCUT2D eigenvalue weighted by atomic mass is 10.1. The molecule has 0 unspecified atom stereocenters. The standard InChI is InChI=1S/C14H15N5/c1-10-4-5-12(6-11(10)2)18-13-7-14(17-9-16-13)19(3)8-15/h4-7,9H,1-3H3,(H,16,17,18). The van der Waals surface area contributed by atoms with Gasteiger partial charge in [0.05, 0.1) is 0 Å². The molecule has 96 valence electrons. The molecule has 0 atom stereocenters. The number of aromatic nitrogens is 2. The van der Waals surface area contributed by atoms with Crippen LogP contribution in [0, 0.1) is 25.3 Å². The molecule has 1 aromatic heterocycles. The van der Waals surface area contributed by atoms with Crippen molar-refractivity contribution in [3.05, 3.63) is 41.7 Å². The number of nitrogens with one attached hydrogen (secondary N) is 1. The average Bonchev–Trinajstić information content (AvgIpc) is 2.42. The van der Waals surface area contributed by atoms with Gasteiger partial charge in [-0.1, -0.05) is 6.07 Å². The maximum atomic E-state index is 8.83. The first-order valence-corrected chi connectivity index (χ1v) is 5.90. The highest BCUT2D eigenvalue weighted by Crippen LogP contribution is 2.20. The van der Waals surface area contributed by atoms with Gasteiger partial charge in [-0.2, -0.15) is 5.26 Å². The van der Waals surface area contributed by atoms with Crippen LogP contribution in [0.15, 0.2) is 30.6 Å². The fourth-order valence-corrected chi connectivity index (χ4v) is 1.62. The molecule has 1 aromatic carbocycles. The summed E-state index contributed by atoms with van der Waals surface area (Å²) in [7, 11) is 1.65. The van der Waals surface area contributed by atoms with Gasteiger partial charge in [0, 0.05) is 18.8 Å². The van der Waals surface area contributed by atoms with E-state index in [1.165, 1.54) is 22.4 Å². The summed E-state index contributed by atoms with van der Waals surface area (Å²) in [4.78, 5) is 9.56. The van der Waals surface area contributed by atoms with Crippen molar-refractivity contribution in [2.75, 3.05) is 17.3 Å². The molecule has 0 aliphatic rings. The van der Waals surface area contributed by atoms with E-state index in [-0.39, 0.29) is 0 Å².